The average molecular weight is 367 g/mol. The highest BCUT2D eigenvalue weighted by atomic mass is 35.5. The Labute approximate surface area is 156 Å². The smallest absolute Gasteiger partial charge is 0.0678 e. The lowest BCUT2D eigenvalue weighted by atomic mass is 10.0. The second kappa shape index (κ2) is 5.76. The summed E-state index contributed by atoms with van der Waals surface area (Å²) in [5.41, 5.74) is 4.70. The van der Waals surface area contributed by atoms with Crippen molar-refractivity contribution in [3.63, 3.8) is 0 Å². The van der Waals surface area contributed by atoms with Crippen molar-refractivity contribution >= 4 is 45.0 Å². The van der Waals surface area contributed by atoms with E-state index in [2.05, 4.69) is 39.9 Å². The minimum atomic E-state index is 0.741. The summed E-state index contributed by atoms with van der Waals surface area (Å²) in [5.74, 6) is 0.771. The van der Waals surface area contributed by atoms with Gasteiger partial charge in [0.15, 0.2) is 0 Å². The Morgan fingerprint density at radius 1 is 0.960 bits per heavy atom. The highest BCUT2D eigenvalue weighted by Crippen LogP contribution is 2.41. The van der Waals surface area contributed by atoms with Crippen LogP contribution in [-0.4, -0.2) is 9.55 Å². The molecule has 0 aliphatic heterocycles. The van der Waals surface area contributed by atoms with Gasteiger partial charge in [-0.25, -0.2) is 0 Å². The Balaban J connectivity index is 1.89. The maximum atomic E-state index is 6.48. The largest absolute Gasteiger partial charge is 0.338 e. The first-order chi connectivity index (χ1) is 12.2. The normalized spacial score (nSPS) is 14.5. The van der Waals surface area contributed by atoms with E-state index < -0.39 is 0 Å². The lowest BCUT2D eigenvalue weighted by Crippen LogP contribution is -2.00. The third-order valence-corrected chi connectivity index (χ3v) is 5.49. The summed E-state index contributed by atoms with van der Waals surface area (Å²) >= 11 is 12.6. The predicted molar refractivity (Wildman–Crippen MR) is 105 cm³/mol. The fourth-order valence-corrected chi connectivity index (χ4v) is 3.99. The van der Waals surface area contributed by atoms with Crippen LogP contribution >= 0.6 is 23.2 Å². The summed E-state index contributed by atoms with van der Waals surface area (Å²) in [6.45, 7) is 1.04. The van der Waals surface area contributed by atoms with E-state index in [0.29, 0.717) is 0 Å². The Morgan fingerprint density at radius 2 is 1.76 bits per heavy atom. The SMILES string of the molecule is Clc1ccc(-c2cc(Cl)cc3c4ccncc4n(CC4CC4)c23)cc1. The van der Waals surface area contributed by atoms with Crippen molar-refractivity contribution in [1.29, 1.82) is 0 Å². The van der Waals surface area contributed by atoms with Gasteiger partial charge in [0.1, 0.15) is 0 Å². The van der Waals surface area contributed by atoms with E-state index in [1.807, 2.05) is 24.5 Å². The van der Waals surface area contributed by atoms with Gasteiger partial charge in [-0.3, -0.25) is 4.98 Å². The molecule has 0 unspecified atom stereocenters. The van der Waals surface area contributed by atoms with Crippen LogP contribution in [0, 0.1) is 5.92 Å². The number of benzene rings is 2. The second-order valence-electron chi connectivity index (χ2n) is 6.80. The molecule has 0 amide bonds. The Hall–Kier alpha value is -2.03. The minimum absolute atomic E-state index is 0.741. The summed E-state index contributed by atoms with van der Waals surface area (Å²) < 4.78 is 2.43. The van der Waals surface area contributed by atoms with Crippen molar-refractivity contribution < 1.29 is 0 Å². The standard InChI is InChI=1S/C21H16Cl2N2/c22-15-5-3-14(4-6-15)18-9-16(23)10-19-17-7-8-24-11-20(17)25(21(18)19)12-13-1-2-13/h3-11,13H,1-2,12H2. The van der Waals surface area contributed by atoms with Crippen LogP contribution < -0.4 is 0 Å². The number of nitrogens with zero attached hydrogens (tertiary/aromatic N) is 2. The minimum Gasteiger partial charge on any atom is -0.338 e. The topological polar surface area (TPSA) is 17.8 Å². The molecule has 0 radical (unpaired) electrons. The molecule has 4 aromatic rings. The zero-order valence-corrected chi connectivity index (χ0v) is 15.1. The Morgan fingerprint density at radius 3 is 2.52 bits per heavy atom. The fraction of sp³-hybridized carbons (Fsp3) is 0.190. The van der Waals surface area contributed by atoms with Crippen molar-refractivity contribution in [3.8, 4) is 11.1 Å². The van der Waals surface area contributed by atoms with Gasteiger partial charge in [-0.2, -0.15) is 0 Å². The maximum absolute atomic E-state index is 6.48. The molecular formula is C21H16Cl2N2. The predicted octanol–water partition coefficient (Wildman–Crippen LogP) is 6.57. The van der Waals surface area contributed by atoms with Crippen LogP contribution in [0.25, 0.3) is 32.9 Å². The van der Waals surface area contributed by atoms with Gasteiger partial charge < -0.3 is 4.57 Å². The first kappa shape index (κ1) is 15.2. The first-order valence-corrected chi connectivity index (χ1v) is 9.28. The molecule has 2 aromatic heterocycles. The molecule has 25 heavy (non-hydrogen) atoms. The molecule has 0 saturated heterocycles. The second-order valence-corrected chi connectivity index (χ2v) is 7.68. The van der Waals surface area contributed by atoms with E-state index in [4.69, 9.17) is 23.2 Å². The molecule has 5 rings (SSSR count). The molecule has 2 nitrogen and oxygen atoms in total. The Kier molecular flexibility index (Phi) is 3.51. The summed E-state index contributed by atoms with van der Waals surface area (Å²) in [6, 6.07) is 14.2. The maximum Gasteiger partial charge on any atom is 0.0678 e. The number of hydrogen-bond donors (Lipinski definition) is 0. The van der Waals surface area contributed by atoms with Crippen LogP contribution in [0.1, 0.15) is 12.8 Å². The van der Waals surface area contributed by atoms with Crippen molar-refractivity contribution in [3.05, 3.63) is 64.9 Å². The van der Waals surface area contributed by atoms with Gasteiger partial charge in [0.05, 0.1) is 17.2 Å². The monoisotopic (exact) mass is 366 g/mol. The van der Waals surface area contributed by atoms with E-state index in [1.165, 1.54) is 34.6 Å². The lowest BCUT2D eigenvalue weighted by Gasteiger charge is -2.11. The molecule has 2 aromatic carbocycles. The highest BCUT2D eigenvalue weighted by molar-refractivity contribution is 6.33. The van der Waals surface area contributed by atoms with Gasteiger partial charge in [-0.05, 0) is 54.7 Å². The molecule has 4 heteroatoms. The van der Waals surface area contributed by atoms with Crippen molar-refractivity contribution in [2.24, 2.45) is 5.92 Å². The van der Waals surface area contributed by atoms with Crippen LogP contribution in [0.15, 0.2) is 54.9 Å². The third kappa shape index (κ3) is 2.61. The van der Waals surface area contributed by atoms with Gasteiger partial charge in [0.25, 0.3) is 0 Å². The van der Waals surface area contributed by atoms with E-state index in [1.54, 1.807) is 0 Å². The fourth-order valence-electron chi connectivity index (χ4n) is 3.64. The Bertz CT molecular complexity index is 1090. The van der Waals surface area contributed by atoms with E-state index in [-0.39, 0.29) is 0 Å². The molecule has 2 heterocycles. The van der Waals surface area contributed by atoms with E-state index >= 15 is 0 Å². The van der Waals surface area contributed by atoms with Gasteiger partial charge in [-0.15, -0.1) is 0 Å². The molecule has 1 aliphatic carbocycles. The molecule has 1 fully saturated rings. The zero-order valence-electron chi connectivity index (χ0n) is 13.5. The quantitative estimate of drug-likeness (QED) is 0.400. The number of fused-ring (bicyclic) bond motifs is 3. The first-order valence-electron chi connectivity index (χ1n) is 8.52. The molecule has 1 aliphatic rings. The third-order valence-electron chi connectivity index (χ3n) is 5.02. The van der Waals surface area contributed by atoms with E-state index in [0.717, 1.165) is 33.6 Å². The number of pyridine rings is 1. The molecule has 0 spiro atoms. The van der Waals surface area contributed by atoms with Crippen LogP contribution in [0.3, 0.4) is 0 Å². The van der Waals surface area contributed by atoms with E-state index in [9.17, 15) is 0 Å². The number of aromatic nitrogens is 2. The molecular weight excluding hydrogens is 351 g/mol. The van der Waals surface area contributed by atoms with Crippen LogP contribution in [0.2, 0.25) is 10.0 Å². The van der Waals surface area contributed by atoms with Crippen molar-refractivity contribution in [2.45, 2.75) is 19.4 Å². The number of hydrogen-bond acceptors (Lipinski definition) is 1. The molecule has 0 N–H and O–H groups in total. The van der Waals surface area contributed by atoms with Crippen molar-refractivity contribution in [1.82, 2.24) is 9.55 Å². The summed E-state index contributed by atoms with van der Waals surface area (Å²) in [5, 5.41) is 3.89. The van der Waals surface area contributed by atoms with Crippen LogP contribution in [0.5, 0.6) is 0 Å². The summed E-state index contributed by atoms with van der Waals surface area (Å²) in [7, 11) is 0. The number of halogens is 2. The molecule has 1 saturated carbocycles. The van der Waals surface area contributed by atoms with Gasteiger partial charge >= 0.3 is 0 Å². The van der Waals surface area contributed by atoms with Crippen molar-refractivity contribution in [2.75, 3.05) is 0 Å². The molecule has 124 valence electrons. The zero-order chi connectivity index (χ0) is 17.0. The molecule has 0 bridgehead atoms. The summed E-state index contributed by atoms with van der Waals surface area (Å²) in [6.07, 6.45) is 6.44. The highest BCUT2D eigenvalue weighted by Gasteiger charge is 2.25. The summed E-state index contributed by atoms with van der Waals surface area (Å²) in [4.78, 5) is 4.36. The molecule has 0 atom stereocenters. The van der Waals surface area contributed by atoms with Crippen LogP contribution in [-0.2, 0) is 6.54 Å². The number of rotatable bonds is 3. The van der Waals surface area contributed by atoms with Crippen LogP contribution in [0.4, 0.5) is 0 Å². The van der Waals surface area contributed by atoms with Gasteiger partial charge in [0.2, 0.25) is 0 Å². The average Bonchev–Trinajstić information content (AvgIpc) is 3.39. The van der Waals surface area contributed by atoms with Gasteiger partial charge in [-0.1, -0.05) is 35.3 Å². The lowest BCUT2D eigenvalue weighted by molar-refractivity contribution is 0.664. The van der Waals surface area contributed by atoms with Gasteiger partial charge in [0, 0.05) is 39.1 Å².